The van der Waals surface area contributed by atoms with Crippen LogP contribution in [0.5, 0.6) is 0 Å². The molecule has 1 aliphatic rings. The number of rotatable bonds is 3. The Labute approximate surface area is 125 Å². The fourth-order valence-corrected chi connectivity index (χ4v) is 2.82. The molecule has 0 unspecified atom stereocenters. The van der Waals surface area contributed by atoms with Gasteiger partial charge in [-0.3, -0.25) is 14.3 Å². The van der Waals surface area contributed by atoms with Gasteiger partial charge in [-0.25, -0.2) is 0 Å². The van der Waals surface area contributed by atoms with Crippen molar-refractivity contribution < 1.29 is 14.3 Å². The van der Waals surface area contributed by atoms with Crippen molar-refractivity contribution in [3.05, 3.63) is 17.0 Å². The monoisotopic (exact) mass is 293 g/mol. The smallest absolute Gasteiger partial charge is 0.309 e. The van der Waals surface area contributed by atoms with Crippen molar-refractivity contribution in [2.24, 2.45) is 13.0 Å². The van der Waals surface area contributed by atoms with Gasteiger partial charge in [0.25, 0.3) is 5.91 Å². The maximum Gasteiger partial charge on any atom is 0.309 e. The molecule has 1 aromatic rings. The van der Waals surface area contributed by atoms with E-state index in [0.29, 0.717) is 38.1 Å². The molecule has 6 heteroatoms. The topological polar surface area (TPSA) is 64.4 Å². The minimum Gasteiger partial charge on any atom is -0.466 e. The highest BCUT2D eigenvalue weighted by atomic mass is 16.5. The maximum atomic E-state index is 12.6. The lowest BCUT2D eigenvalue weighted by Crippen LogP contribution is -2.41. The first kappa shape index (κ1) is 15.5. The molecule has 0 radical (unpaired) electrons. The first-order valence-electron chi connectivity index (χ1n) is 7.41. The zero-order valence-electron chi connectivity index (χ0n) is 13.2. The molecule has 2 heterocycles. The molecule has 0 N–H and O–H groups in total. The lowest BCUT2D eigenvalue weighted by molar-refractivity contribution is -0.149. The Bertz CT molecular complexity index is 543. The first-order chi connectivity index (χ1) is 9.95. The summed E-state index contributed by atoms with van der Waals surface area (Å²) in [6.45, 7) is 7.16. The number of amides is 1. The number of likely N-dealkylation sites (tertiary alicyclic amines) is 1. The van der Waals surface area contributed by atoms with E-state index in [1.54, 1.807) is 4.68 Å². The van der Waals surface area contributed by atoms with Crippen LogP contribution in [-0.2, 0) is 16.6 Å². The summed E-state index contributed by atoms with van der Waals surface area (Å²) in [4.78, 5) is 26.1. The molecule has 0 atom stereocenters. The lowest BCUT2D eigenvalue weighted by atomic mass is 9.96. The quantitative estimate of drug-likeness (QED) is 0.791. The zero-order chi connectivity index (χ0) is 15.6. The largest absolute Gasteiger partial charge is 0.466 e. The van der Waals surface area contributed by atoms with Gasteiger partial charge in [0, 0.05) is 25.8 Å². The van der Waals surface area contributed by atoms with E-state index in [0.717, 1.165) is 11.4 Å². The molecule has 21 heavy (non-hydrogen) atoms. The Balaban J connectivity index is 2.02. The number of carbonyl (C=O) groups is 2. The van der Waals surface area contributed by atoms with Crippen molar-refractivity contribution >= 4 is 11.9 Å². The van der Waals surface area contributed by atoms with Crippen LogP contribution in [0.1, 0.15) is 41.5 Å². The van der Waals surface area contributed by atoms with Crippen LogP contribution in [-0.4, -0.2) is 46.3 Å². The molecular weight excluding hydrogens is 270 g/mol. The average molecular weight is 293 g/mol. The average Bonchev–Trinajstić information content (AvgIpc) is 2.72. The van der Waals surface area contributed by atoms with Crippen LogP contribution < -0.4 is 0 Å². The Hall–Kier alpha value is -1.85. The Morgan fingerprint density at radius 3 is 2.38 bits per heavy atom. The van der Waals surface area contributed by atoms with Crippen molar-refractivity contribution in [3.8, 4) is 0 Å². The summed E-state index contributed by atoms with van der Waals surface area (Å²) in [7, 11) is 1.84. The maximum absolute atomic E-state index is 12.6. The Morgan fingerprint density at radius 2 is 1.90 bits per heavy atom. The van der Waals surface area contributed by atoms with Crippen molar-refractivity contribution in [1.82, 2.24) is 14.7 Å². The minimum absolute atomic E-state index is 0.0143. The molecular formula is C15H23N3O3. The number of aryl methyl sites for hydroxylation is 2. The SMILES string of the molecule is CCOC(=O)C1CCN(C(=O)c2c(C)nn(C)c2C)CC1. The minimum atomic E-state index is -0.140. The number of carbonyl (C=O) groups excluding carboxylic acids is 2. The van der Waals surface area contributed by atoms with E-state index in [1.165, 1.54) is 0 Å². The second kappa shape index (κ2) is 6.28. The number of aromatic nitrogens is 2. The molecule has 1 aliphatic heterocycles. The van der Waals surface area contributed by atoms with E-state index in [1.807, 2.05) is 32.7 Å². The van der Waals surface area contributed by atoms with Crippen LogP contribution in [0.15, 0.2) is 0 Å². The highest BCUT2D eigenvalue weighted by molar-refractivity contribution is 5.96. The third-order valence-electron chi connectivity index (χ3n) is 4.12. The van der Waals surface area contributed by atoms with Gasteiger partial charge in [0.2, 0.25) is 0 Å². The molecule has 0 aliphatic carbocycles. The van der Waals surface area contributed by atoms with Crippen LogP contribution in [0, 0.1) is 19.8 Å². The molecule has 6 nitrogen and oxygen atoms in total. The van der Waals surface area contributed by atoms with Gasteiger partial charge in [0.1, 0.15) is 0 Å². The van der Waals surface area contributed by atoms with Crippen molar-refractivity contribution in [2.75, 3.05) is 19.7 Å². The fraction of sp³-hybridized carbons (Fsp3) is 0.667. The van der Waals surface area contributed by atoms with E-state index < -0.39 is 0 Å². The summed E-state index contributed by atoms with van der Waals surface area (Å²) in [5.41, 5.74) is 2.32. The third kappa shape index (κ3) is 3.09. The molecule has 0 saturated carbocycles. The number of hydrogen-bond acceptors (Lipinski definition) is 4. The highest BCUT2D eigenvalue weighted by Crippen LogP contribution is 2.22. The number of esters is 1. The van der Waals surface area contributed by atoms with Gasteiger partial charge in [0.15, 0.2) is 0 Å². The predicted molar refractivity (Wildman–Crippen MR) is 77.9 cm³/mol. The second-order valence-electron chi connectivity index (χ2n) is 5.49. The second-order valence-corrected chi connectivity index (χ2v) is 5.49. The fourth-order valence-electron chi connectivity index (χ4n) is 2.82. The van der Waals surface area contributed by atoms with Gasteiger partial charge in [-0.05, 0) is 33.6 Å². The standard InChI is InChI=1S/C15H23N3O3/c1-5-21-15(20)12-6-8-18(9-7-12)14(19)13-10(2)16-17(4)11(13)3/h12H,5-9H2,1-4H3. The number of ether oxygens (including phenoxy) is 1. The van der Waals surface area contributed by atoms with Gasteiger partial charge in [0.05, 0.1) is 23.8 Å². The van der Waals surface area contributed by atoms with Gasteiger partial charge in [-0.15, -0.1) is 0 Å². The van der Waals surface area contributed by atoms with Crippen molar-refractivity contribution in [2.45, 2.75) is 33.6 Å². The lowest BCUT2D eigenvalue weighted by Gasteiger charge is -2.31. The molecule has 1 fully saturated rings. The summed E-state index contributed by atoms with van der Waals surface area (Å²) >= 11 is 0. The van der Waals surface area contributed by atoms with E-state index in [4.69, 9.17) is 4.74 Å². The molecule has 1 saturated heterocycles. The van der Waals surface area contributed by atoms with Gasteiger partial charge in [-0.1, -0.05) is 0 Å². The third-order valence-corrected chi connectivity index (χ3v) is 4.12. The number of piperidine rings is 1. The number of hydrogen-bond donors (Lipinski definition) is 0. The Kier molecular flexibility index (Phi) is 4.65. The zero-order valence-corrected chi connectivity index (χ0v) is 13.2. The molecule has 1 amide bonds. The van der Waals surface area contributed by atoms with Gasteiger partial charge < -0.3 is 9.64 Å². The molecule has 0 spiro atoms. The van der Waals surface area contributed by atoms with E-state index in [-0.39, 0.29) is 17.8 Å². The summed E-state index contributed by atoms with van der Waals surface area (Å²) in [5, 5.41) is 4.29. The molecule has 0 bridgehead atoms. The molecule has 2 rings (SSSR count). The summed E-state index contributed by atoms with van der Waals surface area (Å²) in [6.07, 6.45) is 1.34. The van der Waals surface area contributed by atoms with Gasteiger partial charge in [-0.2, -0.15) is 5.10 Å². The van der Waals surface area contributed by atoms with Crippen molar-refractivity contribution in [3.63, 3.8) is 0 Å². The Morgan fingerprint density at radius 1 is 1.29 bits per heavy atom. The normalized spacial score (nSPS) is 16.1. The summed E-state index contributed by atoms with van der Waals surface area (Å²) < 4.78 is 6.78. The van der Waals surface area contributed by atoms with E-state index in [9.17, 15) is 9.59 Å². The highest BCUT2D eigenvalue weighted by Gasteiger charge is 2.30. The van der Waals surface area contributed by atoms with Crippen LogP contribution >= 0.6 is 0 Å². The molecule has 1 aromatic heterocycles. The van der Waals surface area contributed by atoms with Gasteiger partial charge >= 0.3 is 5.97 Å². The molecule has 0 aromatic carbocycles. The summed E-state index contributed by atoms with van der Waals surface area (Å²) in [5.74, 6) is -0.205. The van der Waals surface area contributed by atoms with Crippen LogP contribution in [0.3, 0.4) is 0 Å². The summed E-state index contributed by atoms with van der Waals surface area (Å²) in [6, 6.07) is 0. The van der Waals surface area contributed by atoms with Crippen molar-refractivity contribution in [1.29, 1.82) is 0 Å². The van der Waals surface area contributed by atoms with E-state index in [2.05, 4.69) is 5.10 Å². The first-order valence-corrected chi connectivity index (χ1v) is 7.41. The van der Waals surface area contributed by atoms with Crippen LogP contribution in [0.4, 0.5) is 0 Å². The molecule has 116 valence electrons. The number of nitrogens with zero attached hydrogens (tertiary/aromatic N) is 3. The van der Waals surface area contributed by atoms with Crippen LogP contribution in [0.2, 0.25) is 0 Å². The van der Waals surface area contributed by atoms with E-state index >= 15 is 0 Å². The predicted octanol–water partition coefficient (Wildman–Crippen LogP) is 1.45. The van der Waals surface area contributed by atoms with Crippen LogP contribution in [0.25, 0.3) is 0 Å².